The monoisotopic (exact) mass is 531 g/mol. The third kappa shape index (κ3) is 8.74. The number of ether oxygens (including phenoxy) is 2. The first kappa shape index (κ1) is 28.9. The lowest BCUT2D eigenvalue weighted by Crippen LogP contribution is -2.44. The Bertz CT molecular complexity index is 1240. The molecule has 0 aliphatic heterocycles. The molecule has 9 nitrogen and oxygen atoms in total. The van der Waals surface area contributed by atoms with E-state index in [1.807, 2.05) is 24.3 Å². The van der Waals surface area contributed by atoms with Crippen LogP contribution >= 0.6 is 0 Å². The summed E-state index contributed by atoms with van der Waals surface area (Å²) in [6.45, 7) is 9.32. The molecular formula is C27H35F2N5O4. The van der Waals surface area contributed by atoms with Gasteiger partial charge in [-0.2, -0.15) is 5.10 Å². The maximum atomic E-state index is 14.7. The van der Waals surface area contributed by atoms with Crippen LogP contribution in [0.4, 0.5) is 18.4 Å². The van der Waals surface area contributed by atoms with Crippen molar-refractivity contribution in [2.75, 3.05) is 6.54 Å². The Morgan fingerprint density at radius 1 is 0.921 bits per heavy atom. The third-order valence-electron chi connectivity index (χ3n) is 5.17. The minimum absolute atomic E-state index is 0.0688. The highest BCUT2D eigenvalue weighted by atomic mass is 19.3. The van der Waals surface area contributed by atoms with Crippen LogP contribution in [0.2, 0.25) is 0 Å². The molecule has 0 unspecified atom stereocenters. The quantitative estimate of drug-likeness (QED) is 0.307. The van der Waals surface area contributed by atoms with Crippen LogP contribution in [0.1, 0.15) is 60.8 Å². The van der Waals surface area contributed by atoms with Crippen molar-refractivity contribution in [1.29, 1.82) is 0 Å². The lowest BCUT2D eigenvalue weighted by molar-refractivity contribution is -0.0301. The van der Waals surface area contributed by atoms with Gasteiger partial charge < -0.3 is 9.47 Å². The van der Waals surface area contributed by atoms with Gasteiger partial charge in [-0.15, -0.1) is 0 Å². The maximum absolute atomic E-state index is 14.7. The Kier molecular flexibility index (Phi) is 8.68. The fourth-order valence-corrected chi connectivity index (χ4v) is 3.54. The molecule has 2 aromatic heterocycles. The zero-order valence-corrected chi connectivity index (χ0v) is 22.7. The second-order valence-electron chi connectivity index (χ2n) is 11.1. The first-order valence-electron chi connectivity index (χ1n) is 12.5. The summed E-state index contributed by atoms with van der Waals surface area (Å²) >= 11 is 0. The molecule has 2 amide bonds. The van der Waals surface area contributed by atoms with Gasteiger partial charge in [-0.05, 0) is 66.5 Å². The van der Waals surface area contributed by atoms with Gasteiger partial charge >= 0.3 is 12.2 Å². The Balaban J connectivity index is 1.57. The van der Waals surface area contributed by atoms with Gasteiger partial charge in [0.25, 0.3) is 5.92 Å². The molecule has 0 saturated carbocycles. The highest BCUT2D eigenvalue weighted by Crippen LogP contribution is 2.26. The van der Waals surface area contributed by atoms with Crippen molar-refractivity contribution in [3.63, 3.8) is 0 Å². The number of nitrogens with zero attached hydrogens (tertiary/aromatic N) is 5. The maximum Gasteiger partial charge on any atom is 0.419 e. The molecule has 0 spiro atoms. The van der Waals surface area contributed by atoms with Crippen molar-refractivity contribution >= 4 is 23.2 Å². The van der Waals surface area contributed by atoms with Crippen LogP contribution < -0.4 is 0 Å². The van der Waals surface area contributed by atoms with Crippen molar-refractivity contribution in [3.05, 3.63) is 42.9 Å². The van der Waals surface area contributed by atoms with Crippen LogP contribution in [-0.2, 0) is 16.0 Å². The van der Waals surface area contributed by atoms with E-state index in [2.05, 4.69) is 15.1 Å². The Hall–Kier alpha value is -3.63. The minimum Gasteiger partial charge on any atom is -0.443 e. The number of fused-ring (bicyclic) bond motifs is 1. The summed E-state index contributed by atoms with van der Waals surface area (Å²) in [6, 6.07) is 7.39. The number of hydrogen-bond acceptors (Lipinski definition) is 7. The van der Waals surface area contributed by atoms with Crippen LogP contribution in [-0.4, -0.2) is 60.5 Å². The van der Waals surface area contributed by atoms with E-state index in [4.69, 9.17) is 9.47 Å². The summed E-state index contributed by atoms with van der Waals surface area (Å²) in [6.07, 6.45) is 2.61. The van der Waals surface area contributed by atoms with Crippen molar-refractivity contribution in [2.45, 2.75) is 84.5 Å². The number of carbonyl (C=O) groups excluding carboxylic acids is 2. The fraction of sp³-hybridized carbons (Fsp3) is 0.519. The van der Waals surface area contributed by atoms with Gasteiger partial charge in [0.1, 0.15) is 17.7 Å². The predicted octanol–water partition coefficient (Wildman–Crippen LogP) is 6.47. The minimum atomic E-state index is -3.05. The molecule has 0 fully saturated rings. The number of carbonyl (C=O) groups is 2. The highest BCUT2D eigenvalue weighted by Gasteiger charge is 2.32. The second kappa shape index (κ2) is 11.4. The molecule has 0 N–H and O–H groups in total. The molecule has 0 radical (unpaired) electrons. The number of rotatable bonds is 8. The topological polar surface area (TPSA) is 99.4 Å². The lowest BCUT2D eigenvalue weighted by Gasteiger charge is -2.28. The molecule has 0 bridgehead atoms. The molecule has 206 valence electrons. The zero-order valence-electron chi connectivity index (χ0n) is 22.7. The van der Waals surface area contributed by atoms with Gasteiger partial charge in [-0.25, -0.2) is 28.3 Å². The number of imide groups is 1. The zero-order chi connectivity index (χ0) is 28.1. The first-order valence-corrected chi connectivity index (χ1v) is 12.5. The molecule has 2 heterocycles. The van der Waals surface area contributed by atoms with E-state index >= 15 is 0 Å². The van der Waals surface area contributed by atoms with Gasteiger partial charge in [0, 0.05) is 24.7 Å². The van der Waals surface area contributed by atoms with E-state index in [1.54, 1.807) is 47.7 Å². The fourth-order valence-electron chi connectivity index (χ4n) is 3.54. The number of para-hydroxylation sites is 2. The molecule has 38 heavy (non-hydrogen) atoms. The first-order chi connectivity index (χ1) is 17.6. The molecule has 0 aliphatic carbocycles. The molecular weight excluding hydrogens is 496 g/mol. The van der Waals surface area contributed by atoms with Gasteiger partial charge in [-0.1, -0.05) is 12.1 Å². The molecule has 11 heteroatoms. The van der Waals surface area contributed by atoms with Gasteiger partial charge in [0.05, 0.1) is 29.1 Å². The molecule has 0 saturated heterocycles. The summed E-state index contributed by atoms with van der Waals surface area (Å²) in [5.41, 5.74) is 0.922. The number of alkyl halides is 2. The lowest BCUT2D eigenvalue weighted by atomic mass is 10.1. The molecule has 3 rings (SSSR count). The van der Waals surface area contributed by atoms with E-state index in [-0.39, 0.29) is 19.4 Å². The second-order valence-corrected chi connectivity index (χ2v) is 11.1. The van der Waals surface area contributed by atoms with Crippen molar-refractivity contribution in [2.24, 2.45) is 0 Å². The molecule has 3 aromatic rings. The third-order valence-corrected chi connectivity index (χ3v) is 5.17. The number of benzene rings is 1. The number of amides is 2. The molecule has 1 aromatic carbocycles. The number of halogens is 2. The summed E-state index contributed by atoms with van der Waals surface area (Å²) < 4.78 is 41.2. The summed E-state index contributed by atoms with van der Waals surface area (Å²) in [5, 5.41) is 4.07. The van der Waals surface area contributed by atoms with E-state index < -0.39 is 42.3 Å². The molecule has 0 atom stereocenters. The normalized spacial score (nSPS) is 12.4. The van der Waals surface area contributed by atoms with E-state index in [0.717, 1.165) is 10.4 Å². The number of aromatic nitrogens is 4. The smallest absolute Gasteiger partial charge is 0.419 e. The average Bonchev–Trinajstić information content (AvgIpc) is 3.23. The SMILES string of the molecule is CC(C)(C)OC(=O)N(CCCCC(F)(F)Cn1cc(-c2cnc3ccccc3n2)cn1)C(=O)OC(C)(C)C. The Morgan fingerprint density at radius 2 is 1.53 bits per heavy atom. The number of hydrogen-bond donors (Lipinski definition) is 0. The summed E-state index contributed by atoms with van der Waals surface area (Å²) in [4.78, 5) is 34.8. The summed E-state index contributed by atoms with van der Waals surface area (Å²) in [7, 11) is 0. The van der Waals surface area contributed by atoms with Crippen molar-refractivity contribution < 1.29 is 27.8 Å². The van der Waals surface area contributed by atoms with E-state index in [0.29, 0.717) is 16.8 Å². The largest absolute Gasteiger partial charge is 0.443 e. The standard InChI is InChI=1S/C27H35F2N5O4/c1-25(2,3)37-23(35)34(24(36)38-26(4,5)6)14-10-9-13-27(28,29)18-33-17-19(15-31-33)22-16-30-20-11-7-8-12-21(20)32-22/h7-8,11-12,15-17H,9-10,13-14,18H2,1-6H3. The highest BCUT2D eigenvalue weighted by molar-refractivity contribution is 5.88. The van der Waals surface area contributed by atoms with Crippen LogP contribution in [0.15, 0.2) is 42.9 Å². The Labute approximate surface area is 221 Å². The average molecular weight is 532 g/mol. The number of unbranched alkanes of at least 4 members (excludes halogenated alkanes) is 1. The van der Waals surface area contributed by atoms with Crippen LogP contribution in [0.5, 0.6) is 0 Å². The molecule has 0 aliphatic rings. The van der Waals surface area contributed by atoms with Crippen LogP contribution in [0.3, 0.4) is 0 Å². The summed E-state index contributed by atoms with van der Waals surface area (Å²) in [5.74, 6) is -3.05. The Morgan fingerprint density at radius 3 is 2.13 bits per heavy atom. The van der Waals surface area contributed by atoms with Crippen molar-refractivity contribution in [3.8, 4) is 11.3 Å². The van der Waals surface area contributed by atoms with Crippen molar-refractivity contribution in [1.82, 2.24) is 24.6 Å². The van der Waals surface area contributed by atoms with E-state index in [1.165, 1.54) is 17.1 Å². The van der Waals surface area contributed by atoms with Gasteiger partial charge in [-0.3, -0.25) is 9.67 Å². The van der Waals surface area contributed by atoms with Gasteiger partial charge in [0.15, 0.2) is 0 Å². The van der Waals surface area contributed by atoms with Gasteiger partial charge in [0.2, 0.25) is 0 Å². The van der Waals surface area contributed by atoms with Crippen LogP contribution in [0.25, 0.3) is 22.3 Å². The van der Waals surface area contributed by atoms with Crippen LogP contribution in [0, 0.1) is 0 Å². The predicted molar refractivity (Wildman–Crippen MR) is 139 cm³/mol. The van der Waals surface area contributed by atoms with E-state index in [9.17, 15) is 18.4 Å².